The van der Waals surface area contributed by atoms with Gasteiger partial charge in [-0.1, -0.05) is 60.7 Å². The van der Waals surface area contributed by atoms with Crippen LogP contribution in [0.25, 0.3) is 0 Å². The summed E-state index contributed by atoms with van der Waals surface area (Å²) in [5, 5.41) is 6.29. The molecule has 6 nitrogen and oxygen atoms in total. The number of carbonyl (C=O) groups is 2. The number of para-hydroxylation sites is 1. The summed E-state index contributed by atoms with van der Waals surface area (Å²) in [5.74, 6) is -1.63. The zero-order valence-corrected chi connectivity index (χ0v) is 20.5. The van der Waals surface area contributed by atoms with Crippen LogP contribution in [0.15, 0.2) is 102 Å². The molecule has 0 radical (unpaired) electrons. The predicted octanol–water partition coefficient (Wildman–Crippen LogP) is 4.97. The average molecular weight is 499 g/mol. The molecule has 1 amide bonds. The topological polar surface area (TPSA) is 76.7 Å². The van der Waals surface area contributed by atoms with Gasteiger partial charge in [-0.15, -0.1) is 0 Å². The van der Waals surface area contributed by atoms with Gasteiger partial charge >= 0.3 is 5.97 Å². The van der Waals surface area contributed by atoms with Gasteiger partial charge in [0.1, 0.15) is 17.5 Å². The summed E-state index contributed by atoms with van der Waals surface area (Å²) in [6, 6.07) is 23.5. The first-order valence-corrected chi connectivity index (χ1v) is 12.0. The summed E-state index contributed by atoms with van der Waals surface area (Å²) in [6.45, 7) is 1.58. The Labute approximate surface area is 214 Å². The number of nitrogens with one attached hydrogen (secondary N) is 2. The van der Waals surface area contributed by atoms with E-state index in [1.54, 1.807) is 19.1 Å². The highest BCUT2D eigenvalue weighted by molar-refractivity contribution is 6.12. The molecular formula is C30H27FN2O4. The van der Waals surface area contributed by atoms with E-state index in [-0.39, 0.29) is 11.1 Å². The largest absolute Gasteiger partial charge is 0.466 e. The Morgan fingerprint density at radius 1 is 1.03 bits per heavy atom. The van der Waals surface area contributed by atoms with Crippen molar-refractivity contribution in [2.24, 2.45) is 0 Å². The van der Waals surface area contributed by atoms with Crippen molar-refractivity contribution in [2.75, 3.05) is 17.7 Å². The molecule has 2 bridgehead atoms. The van der Waals surface area contributed by atoms with Gasteiger partial charge in [0.25, 0.3) is 5.91 Å². The van der Waals surface area contributed by atoms with Crippen molar-refractivity contribution in [3.8, 4) is 0 Å². The monoisotopic (exact) mass is 498 g/mol. The molecular weight excluding hydrogens is 471 g/mol. The Hall–Kier alpha value is -4.23. The second-order valence-electron chi connectivity index (χ2n) is 9.09. The van der Waals surface area contributed by atoms with Gasteiger partial charge in [0, 0.05) is 16.9 Å². The van der Waals surface area contributed by atoms with Crippen LogP contribution in [-0.2, 0) is 25.5 Å². The molecule has 188 valence electrons. The number of fused-ring (bicyclic) bond motifs is 2. The zero-order chi connectivity index (χ0) is 26.0. The lowest BCUT2D eigenvalue weighted by atomic mass is 9.78. The number of amides is 1. The zero-order valence-electron chi connectivity index (χ0n) is 20.5. The van der Waals surface area contributed by atoms with Gasteiger partial charge in [-0.05, 0) is 49.2 Å². The molecule has 3 atom stereocenters. The minimum atomic E-state index is -1.26. The molecule has 0 aromatic heterocycles. The van der Waals surface area contributed by atoms with E-state index in [1.165, 1.54) is 19.2 Å². The number of hydrogen-bond donors (Lipinski definition) is 2. The van der Waals surface area contributed by atoms with Crippen molar-refractivity contribution in [3.05, 3.63) is 119 Å². The third-order valence-corrected chi connectivity index (χ3v) is 6.85. The molecule has 3 aromatic carbocycles. The van der Waals surface area contributed by atoms with Crippen molar-refractivity contribution in [1.29, 1.82) is 0 Å². The lowest BCUT2D eigenvalue weighted by molar-refractivity contribution is -0.138. The van der Waals surface area contributed by atoms with E-state index in [0.29, 0.717) is 17.7 Å². The van der Waals surface area contributed by atoms with Crippen LogP contribution < -0.4 is 10.6 Å². The van der Waals surface area contributed by atoms with Gasteiger partial charge in [-0.3, -0.25) is 4.79 Å². The number of halogens is 1. The van der Waals surface area contributed by atoms with E-state index in [0.717, 1.165) is 11.3 Å². The van der Waals surface area contributed by atoms with Crippen LogP contribution in [-0.4, -0.2) is 36.7 Å². The second kappa shape index (κ2) is 10.0. The molecule has 3 aromatic rings. The number of esters is 1. The number of hydrogen-bond acceptors (Lipinski definition) is 5. The lowest BCUT2D eigenvalue weighted by Gasteiger charge is -2.36. The summed E-state index contributed by atoms with van der Waals surface area (Å²) >= 11 is 0. The second-order valence-corrected chi connectivity index (χ2v) is 9.09. The molecule has 2 heterocycles. The maximum Gasteiger partial charge on any atom is 0.337 e. The minimum absolute atomic E-state index is 0.137. The molecule has 7 heteroatoms. The van der Waals surface area contributed by atoms with Gasteiger partial charge in [-0.25, -0.2) is 9.18 Å². The number of benzene rings is 3. The number of methoxy groups -OCH3 is 1. The molecule has 37 heavy (non-hydrogen) atoms. The molecule has 0 saturated heterocycles. The van der Waals surface area contributed by atoms with Gasteiger partial charge in [0.15, 0.2) is 0 Å². The highest BCUT2D eigenvalue weighted by Gasteiger charge is 2.58. The molecule has 2 N–H and O–H groups in total. The van der Waals surface area contributed by atoms with E-state index >= 15 is 0 Å². The highest BCUT2D eigenvalue weighted by atomic mass is 19.1. The first-order chi connectivity index (χ1) is 17.9. The van der Waals surface area contributed by atoms with Gasteiger partial charge in [0.2, 0.25) is 0 Å². The summed E-state index contributed by atoms with van der Waals surface area (Å²) in [4.78, 5) is 26.8. The van der Waals surface area contributed by atoms with E-state index in [4.69, 9.17) is 9.47 Å². The van der Waals surface area contributed by atoms with E-state index in [9.17, 15) is 14.0 Å². The van der Waals surface area contributed by atoms with Crippen molar-refractivity contribution < 1.29 is 23.5 Å². The number of anilines is 2. The Kier molecular flexibility index (Phi) is 6.63. The Morgan fingerprint density at radius 2 is 1.73 bits per heavy atom. The third-order valence-electron chi connectivity index (χ3n) is 6.85. The lowest BCUT2D eigenvalue weighted by Crippen LogP contribution is -2.49. The Balaban J connectivity index is 1.58. The summed E-state index contributed by atoms with van der Waals surface area (Å²) in [7, 11) is 1.28. The molecule has 3 unspecified atom stereocenters. The van der Waals surface area contributed by atoms with Crippen molar-refractivity contribution in [1.82, 2.24) is 0 Å². The fourth-order valence-corrected chi connectivity index (χ4v) is 4.98. The average Bonchev–Trinajstić information content (AvgIpc) is 3.50. The molecule has 2 aliphatic rings. The normalized spacial score (nSPS) is 20.6. The van der Waals surface area contributed by atoms with Gasteiger partial charge in [-0.2, -0.15) is 0 Å². The van der Waals surface area contributed by atoms with Crippen LogP contribution in [0.5, 0.6) is 0 Å². The standard InChI is InChI=1S/C30H27FN2O4/c1-19-22(31)14-9-15-23(19)33-28(34)26-24-16-17-30(37-24,27(26)29(35)36-2)25(18-20-10-5-3-6-11-20)32-21-12-7-4-8-13-21/h3-17,24-25,32H,18H2,1-2H3,(H,33,34). The van der Waals surface area contributed by atoms with Crippen molar-refractivity contribution in [2.45, 2.75) is 31.1 Å². The van der Waals surface area contributed by atoms with Gasteiger partial charge < -0.3 is 20.1 Å². The summed E-state index contributed by atoms with van der Waals surface area (Å²) < 4.78 is 25.7. The minimum Gasteiger partial charge on any atom is -0.466 e. The number of rotatable bonds is 8. The van der Waals surface area contributed by atoms with Crippen LogP contribution in [0.4, 0.5) is 15.8 Å². The van der Waals surface area contributed by atoms with Crippen LogP contribution in [0.2, 0.25) is 0 Å². The maximum atomic E-state index is 14.1. The quantitative estimate of drug-likeness (QED) is 0.339. The molecule has 0 spiro atoms. The smallest absolute Gasteiger partial charge is 0.337 e. The fourth-order valence-electron chi connectivity index (χ4n) is 4.98. The number of ether oxygens (including phenoxy) is 2. The van der Waals surface area contributed by atoms with Crippen molar-refractivity contribution >= 4 is 23.3 Å². The van der Waals surface area contributed by atoms with Crippen molar-refractivity contribution in [3.63, 3.8) is 0 Å². The number of carbonyl (C=O) groups excluding carboxylic acids is 2. The highest BCUT2D eigenvalue weighted by Crippen LogP contribution is 2.47. The Morgan fingerprint density at radius 3 is 2.43 bits per heavy atom. The fraction of sp³-hybridized carbons (Fsp3) is 0.200. The Bertz CT molecular complexity index is 1350. The van der Waals surface area contributed by atoms with Crippen LogP contribution in [0.3, 0.4) is 0 Å². The SMILES string of the molecule is COC(=O)C1=C(C(=O)Nc2cccc(F)c2C)C2C=CC1(C(Cc1ccccc1)Nc1ccccc1)O2. The first kappa shape index (κ1) is 24.5. The van der Waals surface area contributed by atoms with E-state index < -0.39 is 35.4 Å². The summed E-state index contributed by atoms with van der Waals surface area (Å²) in [6.07, 6.45) is 3.37. The molecule has 2 aliphatic heterocycles. The van der Waals surface area contributed by atoms with Crippen LogP contribution in [0.1, 0.15) is 11.1 Å². The molecule has 0 fully saturated rings. The molecule has 0 saturated carbocycles. The van der Waals surface area contributed by atoms with Gasteiger partial charge in [0.05, 0.1) is 24.3 Å². The maximum absolute atomic E-state index is 14.1. The van der Waals surface area contributed by atoms with E-state index in [2.05, 4.69) is 10.6 Å². The third kappa shape index (κ3) is 4.54. The molecule has 0 aliphatic carbocycles. The van der Waals surface area contributed by atoms with Crippen LogP contribution >= 0.6 is 0 Å². The molecule has 5 rings (SSSR count). The first-order valence-electron chi connectivity index (χ1n) is 12.0. The predicted molar refractivity (Wildman–Crippen MR) is 140 cm³/mol. The van der Waals surface area contributed by atoms with Crippen LogP contribution in [0, 0.1) is 12.7 Å². The van der Waals surface area contributed by atoms with E-state index in [1.807, 2.05) is 66.7 Å². The summed E-state index contributed by atoms with van der Waals surface area (Å²) in [5.41, 5.74) is 1.54.